The van der Waals surface area contributed by atoms with Gasteiger partial charge in [-0.3, -0.25) is 9.88 Å². The Balaban J connectivity index is 1.23. The fourth-order valence-corrected chi connectivity index (χ4v) is 5.27. The van der Waals surface area contributed by atoms with Gasteiger partial charge in [0, 0.05) is 62.5 Å². The summed E-state index contributed by atoms with van der Waals surface area (Å²) in [6.45, 7) is 6.76. The Kier molecular flexibility index (Phi) is 5.19. The molecule has 0 bridgehead atoms. The number of nitrogens with zero attached hydrogens (tertiary/aromatic N) is 7. The number of hydrogen-bond donors (Lipinski definition) is 0. The van der Waals surface area contributed by atoms with E-state index in [9.17, 15) is 4.39 Å². The average Bonchev–Trinajstić information content (AvgIpc) is 3.28. The summed E-state index contributed by atoms with van der Waals surface area (Å²) in [7, 11) is 2.21. The molecule has 6 rings (SSSR count). The molecule has 2 fully saturated rings. The van der Waals surface area contributed by atoms with Gasteiger partial charge in [-0.2, -0.15) is 5.10 Å². The highest BCUT2D eigenvalue weighted by atomic mass is 19.1. The highest BCUT2D eigenvalue weighted by Crippen LogP contribution is 2.31. The van der Waals surface area contributed by atoms with Crippen LogP contribution in [0, 0.1) is 5.82 Å². The third kappa shape index (κ3) is 3.73. The zero-order valence-corrected chi connectivity index (χ0v) is 18.9. The normalized spacial score (nSPS) is 19.0. The zero-order chi connectivity index (χ0) is 22.4. The smallest absolute Gasteiger partial charge is 0.162 e. The molecule has 0 aliphatic carbocycles. The molecule has 2 saturated heterocycles. The van der Waals surface area contributed by atoms with Gasteiger partial charge in [0.15, 0.2) is 5.65 Å². The minimum atomic E-state index is -0.318. The molecule has 170 valence electrons. The quantitative estimate of drug-likeness (QED) is 0.482. The van der Waals surface area contributed by atoms with E-state index in [0.717, 1.165) is 40.9 Å². The lowest BCUT2D eigenvalue weighted by Gasteiger charge is -2.42. The molecule has 0 N–H and O–H groups in total. The molecule has 2 aliphatic heterocycles. The highest BCUT2D eigenvalue weighted by molar-refractivity contribution is 5.97. The first-order valence-corrected chi connectivity index (χ1v) is 11.7. The molecular formula is C25H28FN7. The minimum absolute atomic E-state index is 0.318. The van der Waals surface area contributed by atoms with Gasteiger partial charge in [-0.1, -0.05) is 12.1 Å². The zero-order valence-electron chi connectivity index (χ0n) is 18.9. The van der Waals surface area contributed by atoms with E-state index in [1.807, 2.05) is 29.0 Å². The molecule has 1 aromatic carbocycles. The molecule has 0 atom stereocenters. The summed E-state index contributed by atoms with van der Waals surface area (Å²) in [6.07, 6.45) is 9.82. The van der Waals surface area contributed by atoms with Crippen molar-refractivity contribution in [2.24, 2.45) is 0 Å². The van der Waals surface area contributed by atoms with Crippen molar-refractivity contribution in [1.82, 2.24) is 29.4 Å². The van der Waals surface area contributed by atoms with Gasteiger partial charge >= 0.3 is 0 Å². The Morgan fingerprint density at radius 3 is 2.55 bits per heavy atom. The summed E-state index contributed by atoms with van der Waals surface area (Å²) < 4.78 is 16.1. The van der Waals surface area contributed by atoms with Crippen molar-refractivity contribution < 1.29 is 4.39 Å². The Morgan fingerprint density at radius 1 is 0.909 bits per heavy atom. The molecule has 0 spiro atoms. The first-order chi connectivity index (χ1) is 16.2. The van der Waals surface area contributed by atoms with Gasteiger partial charge in [-0.25, -0.2) is 13.9 Å². The Morgan fingerprint density at radius 2 is 1.73 bits per heavy atom. The van der Waals surface area contributed by atoms with Gasteiger partial charge in [0.05, 0.1) is 24.3 Å². The number of pyridine rings is 1. The number of piperazine rings is 1. The summed E-state index contributed by atoms with van der Waals surface area (Å²) >= 11 is 0. The Hall–Kier alpha value is -3.10. The maximum atomic E-state index is 14.2. The first-order valence-electron chi connectivity index (χ1n) is 11.7. The second kappa shape index (κ2) is 8.35. The Labute approximate surface area is 192 Å². The fourth-order valence-electron chi connectivity index (χ4n) is 5.27. The summed E-state index contributed by atoms with van der Waals surface area (Å²) in [5.74, 6) is -0.318. The number of anilines is 1. The number of piperidine rings is 1. The lowest BCUT2D eigenvalue weighted by atomic mass is 10.0. The minimum Gasteiger partial charge on any atom is -0.369 e. The van der Waals surface area contributed by atoms with Crippen molar-refractivity contribution >= 4 is 22.2 Å². The fraction of sp³-hybridized carbons (Fsp3) is 0.400. The van der Waals surface area contributed by atoms with E-state index in [1.165, 1.54) is 45.1 Å². The maximum Gasteiger partial charge on any atom is 0.162 e. The van der Waals surface area contributed by atoms with Crippen molar-refractivity contribution in [1.29, 1.82) is 0 Å². The first kappa shape index (κ1) is 20.5. The van der Waals surface area contributed by atoms with E-state index in [0.29, 0.717) is 11.6 Å². The molecule has 33 heavy (non-hydrogen) atoms. The van der Waals surface area contributed by atoms with Crippen LogP contribution < -0.4 is 4.90 Å². The van der Waals surface area contributed by atoms with Crippen molar-refractivity contribution in [2.75, 3.05) is 51.2 Å². The third-order valence-corrected chi connectivity index (χ3v) is 7.24. The number of aromatic nitrogens is 4. The van der Waals surface area contributed by atoms with Crippen LogP contribution in [0.25, 0.3) is 27.7 Å². The predicted octanol–water partition coefficient (Wildman–Crippen LogP) is 3.30. The van der Waals surface area contributed by atoms with Crippen LogP contribution in [0.3, 0.4) is 0 Å². The van der Waals surface area contributed by atoms with Crippen LogP contribution in [0.15, 0.2) is 49.1 Å². The summed E-state index contributed by atoms with van der Waals surface area (Å²) in [5, 5.41) is 5.34. The summed E-state index contributed by atoms with van der Waals surface area (Å²) in [6, 6.07) is 7.63. The number of rotatable bonds is 3. The van der Waals surface area contributed by atoms with Gasteiger partial charge in [0.2, 0.25) is 0 Å². The van der Waals surface area contributed by atoms with Gasteiger partial charge in [0.1, 0.15) is 11.3 Å². The molecule has 7 nitrogen and oxygen atoms in total. The van der Waals surface area contributed by atoms with E-state index in [1.54, 1.807) is 12.3 Å². The van der Waals surface area contributed by atoms with Crippen molar-refractivity contribution in [3.8, 4) is 11.1 Å². The molecular weight excluding hydrogens is 417 g/mol. The van der Waals surface area contributed by atoms with Crippen LogP contribution in [0.5, 0.6) is 0 Å². The monoisotopic (exact) mass is 445 g/mol. The van der Waals surface area contributed by atoms with E-state index in [-0.39, 0.29) is 5.82 Å². The third-order valence-electron chi connectivity index (χ3n) is 7.24. The van der Waals surface area contributed by atoms with E-state index < -0.39 is 0 Å². The van der Waals surface area contributed by atoms with E-state index in [4.69, 9.17) is 4.98 Å². The van der Waals surface area contributed by atoms with Crippen molar-refractivity contribution in [3.63, 3.8) is 0 Å². The molecule has 0 unspecified atom stereocenters. The van der Waals surface area contributed by atoms with Crippen molar-refractivity contribution in [2.45, 2.75) is 18.9 Å². The number of fused-ring (bicyclic) bond motifs is 2. The number of likely N-dealkylation sites (N-methyl/N-ethyl adjacent to an activating group) is 1. The SMILES string of the molecule is CN1CCN(C2CCN(c3cnc4c(-c5ccnc6c(F)cccc56)cnn4c3)CC2)CC1. The number of benzene rings is 1. The maximum absolute atomic E-state index is 14.2. The lowest BCUT2D eigenvalue weighted by molar-refractivity contribution is 0.0982. The molecule has 2 aliphatic rings. The second-order valence-corrected chi connectivity index (χ2v) is 9.19. The van der Waals surface area contributed by atoms with Crippen LogP contribution in [-0.4, -0.2) is 81.7 Å². The van der Waals surface area contributed by atoms with Gasteiger partial charge in [-0.15, -0.1) is 0 Å². The Bertz CT molecular complexity index is 1290. The number of para-hydroxylation sites is 1. The van der Waals surface area contributed by atoms with Gasteiger partial charge in [0.25, 0.3) is 0 Å². The summed E-state index contributed by atoms with van der Waals surface area (Å²) in [4.78, 5) is 16.5. The average molecular weight is 446 g/mol. The summed E-state index contributed by atoms with van der Waals surface area (Å²) in [5.41, 5.74) is 4.01. The van der Waals surface area contributed by atoms with Crippen LogP contribution in [-0.2, 0) is 0 Å². The van der Waals surface area contributed by atoms with Crippen LogP contribution in [0.4, 0.5) is 10.1 Å². The van der Waals surface area contributed by atoms with Crippen LogP contribution in [0.1, 0.15) is 12.8 Å². The van der Waals surface area contributed by atoms with E-state index in [2.05, 4.69) is 38.0 Å². The highest BCUT2D eigenvalue weighted by Gasteiger charge is 2.27. The molecule has 0 saturated carbocycles. The molecule has 8 heteroatoms. The largest absolute Gasteiger partial charge is 0.369 e. The second-order valence-electron chi connectivity index (χ2n) is 9.19. The van der Waals surface area contributed by atoms with E-state index >= 15 is 0 Å². The molecule has 4 aromatic rings. The topological polar surface area (TPSA) is 52.8 Å². The lowest BCUT2D eigenvalue weighted by Crippen LogP contribution is -2.52. The molecule has 0 radical (unpaired) electrons. The van der Waals surface area contributed by atoms with Gasteiger partial charge < -0.3 is 9.80 Å². The number of halogens is 1. The van der Waals surface area contributed by atoms with Gasteiger partial charge in [-0.05, 0) is 37.6 Å². The number of hydrogen-bond acceptors (Lipinski definition) is 6. The van der Waals surface area contributed by atoms with Crippen molar-refractivity contribution in [3.05, 3.63) is 54.9 Å². The predicted molar refractivity (Wildman–Crippen MR) is 128 cm³/mol. The molecule has 5 heterocycles. The standard InChI is InChI=1S/C25H28FN7/c1-30-11-13-32(14-12-30)18-6-9-31(10-7-18)19-15-28-25-22(16-29-33(25)17-19)20-5-8-27-24-21(20)3-2-4-23(24)26/h2-5,8,15-18H,6-7,9-14H2,1H3. The molecule has 3 aromatic heterocycles. The van der Waals surface area contributed by atoms with Crippen LogP contribution in [0.2, 0.25) is 0 Å². The molecule has 0 amide bonds. The van der Waals surface area contributed by atoms with Crippen LogP contribution >= 0.6 is 0 Å².